The lowest BCUT2D eigenvalue weighted by molar-refractivity contribution is 0.0946. The van der Waals surface area contributed by atoms with E-state index in [1.165, 1.54) is 24.7 Å². The number of Topliss-reactive ketones (excluding diaryl/α,β-unsaturated/α-hetero) is 1. The molecule has 4 rings (SSSR count). The molecule has 1 N–H and O–H groups in total. The molecule has 0 fully saturated rings. The maximum Gasteiger partial charge on any atom is 0.271 e. The Morgan fingerprint density at radius 3 is 2.46 bits per heavy atom. The Kier molecular flexibility index (Phi) is 7.55. The molecule has 0 aliphatic carbocycles. The molecule has 1 amide bonds. The molecule has 178 valence electrons. The molecule has 0 unspecified atom stereocenters. The third-order valence-electron chi connectivity index (χ3n) is 5.89. The number of amides is 1. The van der Waals surface area contributed by atoms with Crippen molar-refractivity contribution in [3.05, 3.63) is 89.3 Å². The second kappa shape index (κ2) is 11.0. The molecular weight excluding hydrogens is 443 g/mol. The van der Waals surface area contributed by atoms with Crippen LogP contribution in [-0.2, 0) is 6.42 Å². The molecule has 0 aliphatic heterocycles. The van der Waals surface area contributed by atoms with E-state index in [9.17, 15) is 9.59 Å². The first-order valence-corrected chi connectivity index (χ1v) is 11.8. The van der Waals surface area contributed by atoms with Crippen LogP contribution in [0.3, 0.4) is 0 Å². The summed E-state index contributed by atoms with van der Waals surface area (Å²) in [6.07, 6.45) is 6.98. The molecule has 2 aromatic carbocycles. The van der Waals surface area contributed by atoms with E-state index < -0.39 is 5.82 Å². The third-order valence-corrected chi connectivity index (χ3v) is 5.89. The van der Waals surface area contributed by atoms with Gasteiger partial charge in [-0.2, -0.15) is 0 Å². The summed E-state index contributed by atoms with van der Waals surface area (Å²) in [5.74, 6) is -0.831. The molecule has 0 radical (unpaired) electrons. The number of nitrogens with one attached hydrogen (secondary N) is 1. The normalized spacial score (nSPS) is 10.9. The van der Waals surface area contributed by atoms with Crippen molar-refractivity contribution >= 4 is 22.6 Å². The number of halogens is 1. The Morgan fingerprint density at radius 1 is 0.971 bits per heavy atom. The number of hydrogen-bond acceptors (Lipinski definition) is 5. The fraction of sp³-hybridized carbons (Fsp3) is 0.250. The van der Waals surface area contributed by atoms with Gasteiger partial charge in [0.15, 0.2) is 5.78 Å². The fourth-order valence-corrected chi connectivity index (χ4v) is 3.94. The minimum atomic E-state index is -0.500. The first-order valence-electron chi connectivity index (χ1n) is 11.8. The van der Waals surface area contributed by atoms with E-state index in [2.05, 4.69) is 20.3 Å². The van der Waals surface area contributed by atoms with Crippen LogP contribution in [0.1, 0.15) is 65.1 Å². The lowest BCUT2D eigenvalue weighted by Crippen LogP contribution is -2.25. The highest BCUT2D eigenvalue weighted by Gasteiger charge is 2.18. The lowest BCUT2D eigenvalue weighted by Gasteiger charge is -2.14. The quantitative estimate of drug-likeness (QED) is 0.256. The number of aromatic nitrogens is 3. The summed E-state index contributed by atoms with van der Waals surface area (Å²) >= 11 is 0. The molecule has 0 saturated heterocycles. The van der Waals surface area contributed by atoms with Gasteiger partial charge in [-0.05, 0) is 30.0 Å². The summed E-state index contributed by atoms with van der Waals surface area (Å²) in [4.78, 5) is 37.8. The zero-order valence-electron chi connectivity index (χ0n) is 19.8. The Labute approximate surface area is 203 Å². The molecule has 35 heavy (non-hydrogen) atoms. The van der Waals surface area contributed by atoms with E-state index in [-0.39, 0.29) is 22.9 Å². The van der Waals surface area contributed by atoms with Gasteiger partial charge in [-0.3, -0.25) is 19.6 Å². The van der Waals surface area contributed by atoms with Crippen molar-refractivity contribution in [3.63, 3.8) is 0 Å². The van der Waals surface area contributed by atoms with Gasteiger partial charge in [-0.15, -0.1) is 0 Å². The fourth-order valence-electron chi connectivity index (χ4n) is 3.94. The van der Waals surface area contributed by atoms with Crippen LogP contribution in [-0.4, -0.2) is 33.2 Å². The molecule has 6 nitrogen and oxygen atoms in total. The van der Waals surface area contributed by atoms with Crippen molar-refractivity contribution < 1.29 is 14.0 Å². The van der Waals surface area contributed by atoms with E-state index in [0.717, 1.165) is 24.0 Å². The van der Waals surface area contributed by atoms with Crippen LogP contribution in [0, 0.1) is 5.82 Å². The summed E-state index contributed by atoms with van der Waals surface area (Å²) in [7, 11) is 0. The maximum absolute atomic E-state index is 15.1. The highest BCUT2D eigenvalue weighted by atomic mass is 19.1. The average molecular weight is 471 g/mol. The molecular formula is C28H27FN4O2. The topological polar surface area (TPSA) is 84.8 Å². The molecule has 0 atom stereocenters. The summed E-state index contributed by atoms with van der Waals surface area (Å²) in [5, 5.41) is 3.48. The van der Waals surface area contributed by atoms with Crippen molar-refractivity contribution in [3.8, 4) is 11.3 Å². The van der Waals surface area contributed by atoms with Crippen LogP contribution in [0.4, 0.5) is 4.39 Å². The number of hydrogen-bond donors (Lipinski definition) is 1. The maximum atomic E-state index is 15.1. The Balaban J connectivity index is 1.77. The van der Waals surface area contributed by atoms with Gasteiger partial charge in [0, 0.05) is 41.7 Å². The summed E-state index contributed by atoms with van der Waals surface area (Å²) in [6.45, 7) is 4.42. The van der Waals surface area contributed by atoms with Crippen molar-refractivity contribution in [2.75, 3.05) is 6.54 Å². The van der Waals surface area contributed by atoms with Crippen LogP contribution >= 0.6 is 0 Å². The van der Waals surface area contributed by atoms with Crippen molar-refractivity contribution in [1.29, 1.82) is 0 Å². The SMILES string of the molecule is CCCCNC(=O)c1cnc(-c2cc3c(Cc4ccccc4)c(C(=O)CC)cnc3cc2F)cn1. The van der Waals surface area contributed by atoms with Gasteiger partial charge >= 0.3 is 0 Å². The predicted octanol–water partition coefficient (Wildman–Crippen LogP) is 5.54. The molecule has 2 aromatic heterocycles. The number of carbonyl (C=O) groups is 2. The van der Waals surface area contributed by atoms with E-state index >= 15 is 4.39 Å². The van der Waals surface area contributed by atoms with Gasteiger partial charge < -0.3 is 5.32 Å². The molecule has 0 saturated carbocycles. The number of ketones is 1. The molecule has 4 aromatic rings. The van der Waals surface area contributed by atoms with Crippen molar-refractivity contribution in [2.45, 2.75) is 39.5 Å². The molecule has 0 spiro atoms. The van der Waals surface area contributed by atoms with E-state index in [4.69, 9.17) is 0 Å². The van der Waals surface area contributed by atoms with Crippen LogP contribution < -0.4 is 5.32 Å². The summed E-state index contributed by atoms with van der Waals surface area (Å²) < 4.78 is 15.1. The average Bonchev–Trinajstić information content (AvgIpc) is 2.89. The van der Waals surface area contributed by atoms with E-state index in [1.807, 2.05) is 44.2 Å². The number of carbonyl (C=O) groups excluding carboxylic acids is 2. The smallest absolute Gasteiger partial charge is 0.271 e. The number of fused-ring (bicyclic) bond motifs is 1. The van der Waals surface area contributed by atoms with Crippen molar-refractivity contribution in [1.82, 2.24) is 20.3 Å². The lowest BCUT2D eigenvalue weighted by atomic mass is 9.93. The van der Waals surface area contributed by atoms with Crippen LogP contribution in [0.2, 0.25) is 0 Å². The molecule has 2 heterocycles. The van der Waals surface area contributed by atoms with Gasteiger partial charge in [0.05, 0.1) is 23.6 Å². The van der Waals surface area contributed by atoms with Crippen LogP contribution in [0.25, 0.3) is 22.2 Å². The highest BCUT2D eigenvalue weighted by molar-refractivity contribution is 6.02. The van der Waals surface area contributed by atoms with Crippen LogP contribution in [0.5, 0.6) is 0 Å². The largest absolute Gasteiger partial charge is 0.351 e. The molecule has 0 aliphatic rings. The predicted molar refractivity (Wildman–Crippen MR) is 134 cm³/mol. The second-order valence-electron chi connectivity index (χ2n) is 8.34. The minimum Gasteiger partial charge on any atom is -0.351 e. The number of benzene rings is 2. The monoisotopic (exact) mass is 470 g/mol. The van der Waals surface area contributed by atoms with Crippen LogP contribution in [0.15, 0.2) is 61.1 Å². The van der Waals surface area contributed by atoms with E-state index in [1.54, 1.807) is 6.07 Å². The first-order chi connectivity index (χ1) is 17.0. The van der Waals surface area contributed by atoms with E-state index in [0.29, 0.717) is 41.5 Å². The zero-order chi connectivity index (χ0) is 24.8. The standard InChI is InChI=1S/C28H27FN4O2/c1-3-5-11-30-28(35)26-17-32-25(16-33-26)21-13-20-19(12-18-9-7-6-8-10-18)22(27(34)4-2)15-31-24(20)14-23(21)29/h6-10,13-17H,3-5,11-12H2,1-2H3,(H,30,35). The highest BCUT2D eigenvalue weighted by Crippen LogP contribution is 2.30. The van der Waals surface area contributed by atoms with Gasteiger partial charge in [-0.25, -0.2) is 9.37 Å². The first kappa shape index (κ1) is 24.1. The minimum absolute atomic E-state index is 0.0190. The van der Waals surface area contributed by atoms with Gasteiger partial charge in [-0.1, -0.05) is 50.6 Å². The second-order valence-corrected chi connectivity index (χ2v) is 8.34. The Hall–Kier alpha value is -4.00. The van der Waals surface area contributed by atoms with Gasteiger partial charge in [0.25, 0.3) is 5.91 Å². The molecule has 7 heteroatoms. The number of nitrogens with zero attached hydrogens (tertiary/aromatic N) is 3. The summed E-state index contributed by atoms with van der Waals surface area (Å²) in [5.41, 5.74) is 3.54. The van der Waals surface area contributed by atoms with Gasteiger partial charge in [0.2, 0.25) is 0 Å². The Bertz CT molecular complexity index is 1360. The van der Waals surface area contributed by atoms with Gasteiger partial charge in [0.1, 0.15) is 11.5 Å². The zero-order valence-corrected chi connectivity index (χ0v) is 19.8. The number of unbranched alkanes of at least 4 members (excludes halogenated alkanes) is 1. The third kappa shape index (κ3) is 5.40. The number of rotatable bonds is 9. The Morgan fingerprint density at radius 2 is 1.77 bits per heavy atom. The van der Waals surface area contributed by atoms with Crippen molar-refractivity contribution in [2.24, 2.45) is 0 Å². The molecule has 0 bridgehead atoms. The summed E-state index contributed by atoms with van der Waals surface area (Å²) in [6, 6.07) is 12.8. The number of pyridine rings is 1.